The van der Waals surface area contributed by atoms with Gasteiger partial charge in [0.2, 0.25) is 0 Å². The van der Waals surface area contributed by atoms with Gasteiger partial charge in [-0.05, 0) is 31.8 Å². The molecule has 0 aromatic heterocycles. The summed E-state index contributed by atoms with van der Waals surface area (Å²) >= 11 is 0. The van der Waals surface area contributed by atoms with Crippen LogP contribution in [-0.2, 0) is 0 Å². The maximum Gasteiger partial charge on any atom is 0.0296 e. The number of nitrogens with zero attached hydrogens (tertiary/aromatic N) is 1. The van der Waals surface area contributed by atoms with Gasteiger partial charge in [-0.1, -0.05) is 32.9 Å². The summed E-state index contributed by atoms with van der Waals surface area (Å²) in [5, 5.41) is 0. The Morgan fingerprint density at radius 1 is 1.15 bits per heavy atom. The van der Waals surface area contributed by atoms with Gasteiger partial charge in [-0.2, -0.15) is 0 Å². The third-order valence-corrected chi connectivity index (χ3v) is 1.98. The molecular weight excluding hydrogens is 158 g/mol. The Morgan fingerprint density at radius 3 is 2.08 bits per heavy atom. The van der Waals surface area contributed by atoms with Gasteiger partial charge in [-0.3, -0.25) is 4.99 Å². The Bertz CT molecular complexity index is 236. The first-order valence-corrected chi connectivity index (χ1v) is 4.72. The summed E-state index contributed by atoms with van der Waals surface area (Å²) in [5.74, 6) is 0. The van der Waals surface area contributed by atoms with E-state index in [0.29, 0.717) is 0 Å². The monoisotopic (exact) mass is 179 g/mol. The van der Waals surface area contributed by atoms with Crippen molar-refractivity contribution in [2.24, 2.45) is 10.4 Å². The van der Waals surface area contributed by atoms with Crippen molar-refractivity contribution in [3.8, 4) is 0 Å². The SMILES string of the molecule is C/C=C\C(C)=C/N=C(C)C(C)(C)C. The summed E-state index contributed by atoms with van der Waals surface area (Å²) in [7, 11) is 0. The minimum atomic E-state index is 0.173. The van der Waals surface area contributed by atoms with Crippen molar-refractivity contribution in [3.05, 3.63) is 23.9 Å². The second-order valence-electron chi connectivity index (χ2n) is 4.34. The van der Waals surface area contributed by atoms with Crippen molar-refractivity contribution < 1.29 is 0 Å². The standard InChI is InChI=1S/C12H21N/c1-7-8-10(2)9-13-11(3)12(4,5)6/h7-9H,1-6H3/b8-7-,10-9-,13-11?. The molecule has 0 aliphatic heterocycles. The molecule has 0 aromatic carbocycles. The molecule has 0 aromatic rings. The van der Waals surface area contributed by atoms with Gasteiger partial charge < -0.3 is 0 Å². The molecule has 0 atom stereocenters. The van der Waals surface area contributed by atoms with E-state index in [1.165, 1.54) is 5.57 Å². The van der Waals surface area contributed by atoms with E-state index >= 15 is 0 Å². The summed E-state index contributed by atoms with van der Waals surface area (Å²) in [5.41, 5.74) is 2.52. The number of allylic oxidation sites excluding steroid dienone is 3. The van der Waals surface area contributed by atoms with Crippen molar-refractivity contribution in [1.82, 2.24) is 0 Å². The average Bonchev–Trinajstić information content (AvgIpc) is 1.99. The molecule has 0 saturated heterocycles. The van der Waals surface area contributed by atoms with Gasteiger partial charge >= 0.3 is 0 Å². The van der Waals surface area contributed by atoms with Gasteiger partial charge in [0.1, 0.15) is 0 Å². The van der Waals surface area contributed by atoms with Gasteiger partial charge in [0.05, 0.1) is 0 Å². The number of hydrogen-bond acceptors (Lipinski definition) is 1. The van der Waals surface area contributed by atoms with Crippen LogP contribution in [0.3, 0.4) is 0 Å². The van der Waals surface area contributed by atoms with Gasteiger partial charge in [0.25, 0.3) is 0 Å². The zero-order valence-electron chi connectivity index (χ0n) is 9.68. The number of hydrogen-bond donors (Lipinski definition) is 0. The summed E-state index contributed by atoms with van der Waals surface area (Å²) < 4.78 is 0. The van der Waals surface area contributed by atoms with Gasteiger partial charge in [-0.15, -0.1) is 0 Å². The van der Waals surface area contributed by atoms with Crippen LogP contribution in [0.15, 0.2) is 28.9 Å². The molecule has 0 saturated carbocycles. The molecule has 1 nitrogen and oxygen atoms in total. The molecule has 0 aliphatic carbocycles. The minimum absolute atomic E-state index is 0.173. The van der Waals surface area contributed by atoms with Crippen LogP contribution in [-0.4, -0.2) is 5.71 Å². The highest BCUT2D eigenvalue weighted by atomic mass is 14.7. The van der Waals surface area contributed by atoms with Crippen LogP contribution in [0.1, 0.15) is 41.5 Å². The van der Waals surface area contributed by atoms with Gasteiger partial charge in [0, 0.05) is 11.9 Å². The zero-order valence-corrected chi connectivity index (χ0v) is 9.68. The third kappa shape index (κ3) is 5.40. The third-order valence-electron chi connectivity index (χ3n) is 1.98. The van der Waals surface area contributed by atoms with Crippen molar-refractivity contribution >= 4 is 5.71 Å². The molecule has 0 spiro atoms. The molecule has 0 amide bonds. The van der Waals surface area contributed by atoms with Crippen molar-refractivity contribution in [1.29, 1.82) is 0 Å². The maximum absolute atomic E-state index is 4.42. The van der Waals surface area contributed by atoms with Crippen molar-refractivity contribution in [2.45, 2.75) is 41.5 Å². The van der Waals surface area contributed by atoms with E-state index in [1.54, 1.807) is 0 Å². The number of aliphatic imine (C=N–C) groups is 1. The first-order chi connectivity index (χ1) is 5.88. The molecule has 0 heterocycles. The molecule has 0 aliphatic rings. The average molecular weight is 179 g/mol. The summed E-state index contributed by atoms with van der Waals surface area (Å²) in [6.45, 7) is 12.6. The number of rotatable bonds is 2. The minimum Gasteiger partial charge on any atom is -0.265 e. The van der Waals surface area contributed by atoms with E-state index in [1.807, 2.05) is 19.2 Å². The first kappa shape index (κ1) is 12.2. The fourth-order valence-corrected chi connectivity index (χ4v) is 0.698. The molecule has 0 N–H and O–H groups in total. The lowest BCUT2D eigenvalue weighted by molar-refractivity contribution is 0.588. The van der Waals surface area contributed by atoms with E-state index in [2.05, 4.69) is 45.7 Å². The molecule has 0 bridgehead atoms. The quantitative estimate of drug-likeness (QED) is 0.449. The van der Waals surface area contributed by atoms with Crippen LogP contribution in [0.2, 0.25) is 0 Å². The predicted molar refractivity (Wildman–Crippen MR) is 61.1 cm³/mol. The van der Waals surface area contributed by atoms with Crippen LogP contribution < -0.4 is 0 Å². The highest BCUT2D eigenvalue weighted by molar-refractivity contribution is 5.87. The van der Waals surface area contributed by atoms with Crippen LogP contribution in [0.5, 0.6) is 0 Å². The lowest BCUT2D eigenvalue weighted by Gasteiger charge is -2.16. The van der Waals surface area contributed by atoms with Crippen LogP contribution in [0, 0.1) is 5.41 Å². The van der Waals surface area contributed by atoms with E-state index in [-0.39, 0.29) is 5.41 Å². The van der Waals surface area contributed by atoms with E-state index in [0.717, 1.165) is 5.71 Å². The lowest BCUT2D eigenvalue weighted by Crippen LogP contribution is -2.16. The van der Waals surface area contributed by atoms with Crippen LogP contribution in [0.4, 0.5) is 0 Å². The molecule has 1 heteroatoms. The Labute approximate surface area is 82.3 Å². The molecule has 0 fully saturated rings. The topological polar surface area (TPSA) is 12.4 Å². The summed E-state index contributed by atoms with van der Waals surface area (Å²) in [4.78, 5) is 4.42. The first-order valence-electron chi connectivity index (χ1n) is 4.72. The molecule has 0 radical (unpaired) electrons. The van der Waals surface area contributed by atoms with Crippen LogP contribution in [0.25, 0.3) is 0 Å². The normalized spacial score (nSPS) is 15.5. The summed E-state index contributed by atoms with van der Waals surface area (Å²) in [6.07, 6.45) is 5.99. The van der Waals surface area contributed by atoms with Gasteiger partial charge in [0.15, 0.2) is 0 Å². The molecular formula is C12H21N. The fraction of sp³-hybridized carbons (Fsp3) is 0.583. The Balaban J connectivity index is 4.51. The maximum atomic E-state index is 4.42. The van der Waals surface area contributed by atoms with Crippen molar-refractivity contribution in [2.75, 3.05) is 0 Å². The summed E-state index contributed by atoms with van der Waals surface area (Å²) in [6, 6.07) is 0. The predicted octanol–water partition coefficient (Wildman–Crippen LogP) is 3.97. The highest BCUT2D eigenvalue weighted by Gasteiger charge is 2.12. The second kappa shape index (κ2) is 5.00. The second-order valence-corrected chi connectivity index (χ2v) is 4.34. The highest BCUT2D eigenvalue weighted by Crippen LogP contribution is 2.15. The van der Waals surface area contributed by atoms with Crippen molar-refractivity contribution in [3.63, 3.8) is 0 Å². The lowest BCUT2D eigenvalue weighted by atomic mass is 9.91. The molecule has 0 unspecified atom stereocenters. The van der Waals surface area contributed by atoms with Gasteiger partial charge in [-0.25, -0.2) is 0 Å². The zero-order chi connectivity index (χ0) is 10.5. The Morgan fingerprint density at radius 2 is 1.69 bits per heavy atom. The smallest absolute Gasteiger partial charge is 0.0296 e. The fourth-order valence-electron chi connectivity index (χ4n) is 0.698. The largest absolute Gasteiger partial charge is 0.265 e. The van der Waals surface area contributed by atoms with E-state index < -0.39 is 0 Å². The molecule has 0 rings (SSSR count). The molecule has 13 heavy (non-hydrogen) atoms. The van der Waals surface area contributed by atoms with E-state index in [4.69, 9.17) is 0 Å². The molecule has 74 valence electrons. The van der Waals surface area contributed by atoms with E-state index in [9.17, 15) is 0 Å². The van der Waals surface area contributed by atoms with Crippen LogP contribution >= 0.6 is 0 Å². The Kier molecular flexibility index (Phi) is 4.68. The Hall–Kier alpha value is -0.850.